The average Bonchev–Trinajstić information content (AvgIpc) is 3.23. The number of anilines is 1. The molecule has 1 aromatic rings. The van der Waals surface area contributed by atoms with Crippen LogP contribution in [0.25, 0.3) is 0 Å². The predicted molar refractivity (Wildman–Crippen MR) is 115 cm³/mol. The zero-order valence-electron chi connectivity index (χ0n) is 18.2. The monoisotopic (exact) mass is 448 g/mol. The van der Waals surface area contributed by atoms with E-state index in [9.17, 15) is 29.3 Å². The van der Waals surface area contributed by atoms with Gasteiger partial charge in [0.1, 0.15) is 18.1 Å². The number of hydrogen-bond donors (Lipinski definition) is 4. The summed E-state index contributed by atoms with van der Waals surface area (Å²) in [6, 6.07) is 2.01. The van der Waals surface area contributed by atoms with E-state index in [-0.39, 0.29) is 5.69 Å². The van der Waals surface area contributed by atoms with Crippen molar-refractivity contribution in [3.8, 4) is 0 Å². The van der Waals surface area contributed by atoms with Gasteiger partial charge in [-0.15, -0.1) is 0 Å². The molecule has 4 atom stereocenters. The Morgan fingerprint density at radius 3 is 2.25 bits per heavy atom. The van der Waals surface area contributed by atoms with Crippen LogP contribution >= 0.6 is 0 Å². The molecule has 32 heavy (non-hydrogen) atoms. The molecule has 5 N–H and O–H groups in total. The van der Waals surface area contributed by atoms with Crippen LogP contribution in [0.5, 0.6) is 0 Å². The quantitative estimate of drug-likeness (QED) is 0.316. The van der Waals surface area contributed by atoms with Crippen molar-refractivity contribution in [1.82, 2.24) is 15.5 Å². The molecule has 1 aliphatic rings. The minimum Gasteiger partial charge on any atom is -0.343 e. The van der Waals surface area contributed by atoms with Gasteiger partial charge in [-0.1, -0.05) is 0 Å². The molecule has 0 radical (unpaired) electrons. The molecular formula is C20H28N6O6. The van der Waals surface area contributed by atoms with Crippen molar-refractivity contribution in [2.24, 2.45) is 5.73 Å². The number of carbonyl (C=O) groups is 4. The minimum absolute atomic E-state index is 0.110. The van der Waals surface area contributed by atoms with Crippen LogP contribution in [0.4, 0.5) is 11.4 Å². The van der Waals surface area contributed by atoms with E-state index in [1.54, 1.807) is 0 Å². The summed E-state index contributed by atoms with van der Waals surface area (Å²) in [6.07, 6.45) is 1.05. The van der Waals surface area contributed by atoms with Crippen molar-refractivity contribution in [2.45, 2.75) is 57.8 Å². The lowest BCUT2D eigenvalue weighted by Gasteiger charge is -2.28. The SMILES string of the molecule is C[C@H](N)C(=O)N[C@@H](C)C(=O)N1CCC[C@H]1C(=O)N[C@@H](C)C(=O)Nc1ccc([N+](=O)[O-])cc1. The van der Waals surface area contributed by atoms with Gasteiger partial charge in [-0.2, -0.15) is 0 Å². The first-order valence-electron chi connectivity index (χ1n) is 10.2. The zero-order chi connectivity index (χ0) is 24.0. The van der Waals surface area contributed by atoms with Gasteiger partial charge in [-0.05, 0) is 45.7 Å². The van der Waals surface area contributed by atoms with Gasteiger partial charge < -0.3 is 26.6 Å². The highest BCUT2D eigenvalue weighted by Gasteiger charge is 2.37. The number of nitrogens with zero attached hydrogens (tertiary/aromatic N) is 2. The zero-order valence-corrected chi connectivity index (χ0v) is 18.2. The van der Waals surface area contributed by atoms with Crippen LogP contribution < -0.4 is 21.7 Å². The number of nitro benzene ring substituents is 1. The number of likely N-dealkylation sites (tertiary alicyclic amines) is 1. The number of nitrogens with two attached hydrogens (primary N) is 1. The van der Waals surface area contributed by atoms with Gasteiger partial charge in [-0.25, -0.2) is 0 Å². The number of benzene rings is 1. The van der Waals surface area contributed by atoms with E-state index in [2.05, 4.69) is 16.0 Å². The lowest BCUT2D eigenvalue weighted by molar-refractivity contribution is -0.384. The van der Waals surface area contributed by atoms with Crippen LogP contribution in [0.2, 0.25) is 0 Å². The van der Waals surface area contributed by atoms with Crippen LogP contribution in [-0.4, -0.2) is 64.2 Å². The smallest absolute Gasteiger partial charge is 0.269 e. The summed E-state index contributed by atoms with van der Waals surface area (Å²) in [6.45, 7) is 4.88. The minimum atomic E-state index is -0.912. The number of rotatable bonds is 8. The molecule has 4 amide bonds. The third kappa shape index (κ3) is 6.23. The molecular weight excluding hydrogens is 420 g/mol. The van der Waals surface area contributed by atoms with Crippen molar-refractivity contribution in [1.29, 1.82) is 0 Å². The van der Waals surface area contributed by atoms with Gasteiger partial charge in [0.05, 0.1) is 11.0 Å². The number of nitrogens with one attached hydrogen (secondary N) is 3. The molecule has 0 spiro atoms. The normalized spacial score (nSPS) is 18.2. The van der Waals surface area contributed by atoms with Gasteiger partial charge in [0.25, 0.3) is 5.69 Å². The second-order valence-corrected chi connectivity index (χ2v) is 7.73. The fraction of sp³-hybridized carbons (Fsp3) is 0.500. The predicted octanol–water partition coefficient (Wildman–Crippen LogP) is -0.119. The first-order chi connectivity index (χ1) is 15.0. The summed E-state index contributed by atoms with van der Waals surface area (Å²) in [5.41, 5.74) is 5.74. The fourth-order valence-electron chi connectivity index (χ4n) is 3.25. The Morgan fingerprint density at radius 1 is 1.06 bits per heavy atom. The third-order valence-corrected chi connectivity index (χ3v) is 5.08. The van der Waals surface area contributed by atoms with E-state index in [0.29, 0.717) is 25.1 Å². The number of carbonyl (C=O) groups excluding carboxylic acids is 4. The largest absolute Gasteiger partial charge is 0.343 e. The maximum absolute atomic E-state index is 12.7. The molecule has 12 nitrogen and oxygen atoms in total. The first-order valence-corrected chi connectivity index (χ1v) is 10.2. The van der Waals surface area contributed by atoms with Gasteiger partial charge in [0, 0.05) is 24.4 Å². The van der Waals surface area contributed by atoms with Gasteiger partial charge in [0.2, 0.25) is 23.6 Å². The molecule has 0 aliphatic carbocycles. The van der Waals surface area contributed by atoms with Crippen molar-refractivity contribution in [3.05, 3.63) is 34.4 Å². The van der Waals surface area contributed by atoms with Gasteiger partial charge in [0.15, 0.2) is 0 Å². The molecule has 0 aromatic heterocycles. The van der Waals surface area contributed by atoms with Crippen LogP contribution in [0.1, 0.15) is 33.6 Å². The summed E-state index contributed by atoms with van der Waals surface area (Å²) in [5.74, 6) is -1.87. The van der Waals surface area contributed by atoms with E-state index in [1.165, 1.54) is 49.9 Å². The van der Waals surface area contributed by atoms with E-state index >= 15 is 0 Å². The summed E-state index contributed by atoms with van der Waals surface area (Å²) in [7, 11) is 0. The lowest BCUT2D eigenvalue weighted by Crippen LogP contribution is -2.55. The maximum atomic E-state index is 12.7. The molecule has 174 valence electrons. The second kappa shape index (κ2) is 10.7. The van der Waals surface area contributed by atoms with Crippen molar-refractivity contribution < 1.29 is 24.1 Å². The molecule has 1 aromatic carbocycles. The number of hydrogen-bond acceptors (Lipinski definition) is 7. The highest BCUT2D eigenvalue weighted by molar-refractivity contribution is 5.98. The third-order valence-electron chi connectivity index (χ3n) is 5.08. The molecule has 1 fully saturated rings. The lowest BCUT2D eigenvalue weighted by atomic mass is 10.1. The Balaban J connectivity index is 1.94. The van der Waals surface area contributed by atoms with Crippen molar-refractivity contribution >= 4 is 35.0 Å². The maximum Gasteiger partial charge on any atom is 0.269 e. The molecule has 2 rings (SSSR count). The Bertz CT molecular complexity index is 887. The Hall–Kier alpha value is -3.54. The van der Waals surface area contributed by atoms with Crippen molar-refractivity contribution in [2.75, 3.05) is 11.9 Å². The Labute approximate surface area is 185 Å². The Kier molecular flexibility index (Phi) is 8.24. The summed E-state index contributed by atoms with van der Waals surface area (Å²) >= 11 is 0. The topological polar surface area (TPSA) is 177 Å². The number of amides is 4. The molecule has 12 heteroatoms. The molecule has 0 unspecified atom stereocenters. The second-order valence-electron chi connectivity index (χ2n) is 7.73. The molecule has 0 bridgehead atoms. The summed E-state index contributed by atoms with van der Waals surface area (Å²) in [4.78, 5) is 61.1. The van der Waals surface area contributed by atoms with E-state index in [0.717, 1.165) is 0 Å². The highest BCUT2D eigenvalue weighted by atomic mass is 16.6. The first kappa shape index (κ1) is 24.7. The molecule has 0 saturated carbocycles. The summed E-state index contributed by atoms with van der Waals surface area (Å²) < 4.78 is 0. The number of non-ortho nitro benzene ring substituents is 1. The standard InChI is InChI=1S/C20H28N6O6/c1-11(21)17(27)23-13(3)20(30)25-10-4-5-16(25)19(29)22-12(2)18(28)24-14-6-8-15(9-7-14)26(31)32/h6-9,11-13,16H,4-5,10,21H2,1-3H3,(H,22,29)(H,23,27)(H,24,28)/t11-,12-,13-,16-/m0/s1. The van der Waals surface area contributed by atoms with Crippen molar-refractivity contribution in [3.63, 3.8) is 0 Å². The number of nitro groups is 1. The summed E-state index contributed by atoms with van der Waals surface area (Å²) in [5, 5.41) is 18.4. The fourth-order valence-corrected chi connectivity index (χ4v) is 3.25. The van der Waals surface area contributed by atoms with Crippen LogP contribution in [0.15, 0.2) is 24.3 Å². The van der Waals surface area contributed by atoms with Crippen LogP contribution in [0.3, 0.4) is 0 Å². The highest BCUT2D eigenvalue weighted by Crippen LogP contribution is 2.19. The molecule has 1 aliphatic heterocycles. The average molecular weight is 448 g/mol. The van der Waals surface area contributed by atoms with E-state index in [4.69, 9.17) is 5.73 Å². The molecule has 1 saturated heterocycles. The van der Waals surface area contributed by atoms with E-state index < -0.39 is 52.7 Å². The van der Waals surface area contributed by atoms with Gasteiger partial charge >= 0.3 is 0 Å². The van der Waals surface area contributed by atoms with Crippen LogP contribution in [-0.2, 0) is 19.2 Å². The van der Waals surface area contributed by atoms with E-state index in [1.807, 2.05) is 0 Å². The molecule has 1 heterocycles. The van der Waals surface area contributed by atoms with Gasteiger partial charge in [-0.3, -0.25) is 29.3 Å². The van der Waals surface area contributed by atoms with Crippen LogP contribution in [0, 0.1) is 10.1 Å². The Morgan fingerprint density at radius 2 is 1.69 bits per heavy atom.